The smallest absolute Gasteiger partial charge is 0.322 e. The lowest BCUT2D eigenvalue weighted by molar-refractivity contribution is 0.142. The van der Waals surface area contributed by atoms with Crippen LogP contribution in [0.15, 0.2) is 60.7 Å². The number of hydrogen-bond donors (Lipinski definition) is 1. The zero-order valence-corrected chi connectivity index (χ0v) is 20.1. The van der Waals surface area contributed by atoms with E-state index in [2.05, 4.69) is 5.32 Å². The molecule has 0 saturated heterocycles. The molecule has 0 radical (unpaired) electrons. The number of methoxy groups -OCH3 is 3. The first-order valence-corrected chi connectivity index (χ1v) is 11.3. The summed E-state index contributed by atoms with van der Waals surface area (Å²) in [4.78, 5) is 15.1. The number of ether oxygens (including phenoxy) is 4. The van der Waals surface area contributed by atoms with E-state index in [-0.39, 0.29) is 18.7 Å². The van der Waals surface area contributed by atoms with E-state index in [1.54, 1.807) is 50.5 Å². The molecule has 0 unspecified atom stereocenters. The molecule has 2 amide bonds. The zero-order chi connectivity index (χ0) is 24.1. The highest BCUT2D eigenvalue weighted by Crippen LogP contribution is 2.39. The molecule has 0 fully saturated rings. The fourth-order valence-corrected chi connectivity index (χ4v) is 4.31. The van der Waals surface area contributed by atoms with Crippen LogP contribution in [0, 0.1) is 0 Å². The Balaban J connectivity index is 1.66. The predicted molar refractivity (Wildman–Crippen MR) is 132 cm³/mol. The third-order valence-electron chi connectivity index (χ3n) is 5.81. The number of fused-ring (bicyclic) bond motifs is 1. The molecule has 8 heteroatoms. The SMILES string of the molecule is COc1cc2c(cc1OC)[C@@H](COc1ccccc1OC)N(C(=O)Nc1cccc(Cl)c1)CC2. The highest BCUT2D eigenvalue weighted by molar-refractivity contribution is 6.30. The monoisotopic (exact) mass is 482 g/mol. The number of urea groups is 1. The molecule has 7 nitrogen and oxygen atoms in total. The molecule has 1 N–H and O–H groups in total. The average molecular weight is 483 g/mol. The fraction of sp³-hybridized carbons (Fsp3) is 0.269. The van der Waals surface area contributed by atoms with E-state index in [9.17, 15) is 4.79 Å². The Morgan fingerprint density at radius 2 is 1.65 bits per heavy atom. The number of carbonyl (C=O) groups is 1. The largest absolute Gasteiger partial charge is 0.493 e. The van der Waals surface area contributed by atoms with E-state index in [1.165, 1.54) is 0 Å². The second-order valence-corrected chi connectivity index (χ2v) is 8.20. The van der Waals surface area contributed by atoms with Gasteiger partial charge in [0, 0.05) is 17.3 Å². The molecular formula is C26H27ClN2O5. The van der Waals surface area contributed by atoms with Gasteiger partial charge in [0.2, 0.25) is 0 Å². The molecule has 0 bridgehead atoms. The summed E-state index contributed by atoms with van der Waals surface area (Å²) in [5.41, 5.74) is 2.65. The van der Waals surface area contributed by atoms with Gasteiger partial charge in [-0.25, -0.2) is 4.79 Å². The lowest BCUT2D eigenvalue weighted by Gasteiger charge is -2.37. The average Bonchev–Trinajstić information content (AvgIpc) is 2.86. The number of carbonyl (C=O) groups excluding carboxylic acids is 1. The van der Waals surface area contributed by atoms with Gasteiger partial charge in [-0.15, -0.1) is 0 Å². The van der Waals surface area contributed by atoms with Crippen molar-refractivity contribution in [2.45, 2.75) is 12.5 Å². The fourth-order valence-electron chi connectivity index (χ4n) is 4.12. The number of amides is 2. The molecule has 1 atom stereocenters. The Kier molecular flexibility index (Phi) is 7.33. The van der Waals surface area contributed by atoms with Gasteiger partial charge in [-0.1, -0.05) is 29.8 Å². The van der Waals surface area contributed by atoms with Crippen molar-refractivity contribution in [3.8, 4) is 23.0 Å². The molecule has 3 aromatic rings. The number of nitrogens with zero attached hydrogens (tertiary/aromatic N) is 1. The molecule has 1 heterocycles. The Hall–Kier alpha value is -3.58. The van der Waals surface area contributed by atoms with Crippen molar-refractivity contribution in [1.82, 2.24) is 4.90 Å². The zero-order valence-electron chi connectivity index (χ0n) is 19.3. The Bertz CT molecular complexity index is 1170. The summed E-state index contributed by atoms with van der Waals surface area (Å²) in [6.07, 6.45) is 0.670. The molecular weight excluding hydrogens is 456 g/mol. The van der Waals surface area contributed by atoms with Crippen LogP contribution in [-0.2, 0) is 6.42 Å². The van der Waals surface area contributed by atoms with Crippen molar-refractivity contribution >= 4 is 23.3 Å². The molecule has 4 rings (SSSR count). The van der Waals surface area contributed by atoms with Crippen LogP contribution in [0.3, 0.4) is 0 Å². The summed E-state index contributed by atoms with van der Waals surface area (Å²) < 4.78 is 22.6. The van der Waals surface area contributed by atoms with E-state index < -0.39 is 0 Å². The summed E-state index contributed by atoms with van der Waals surface area (Å²) in [7, 11) is 4.80. The number of anilines is 1. The number of halogens is 1. The van der Waals surface area contributed by atoms with Crippen molar-refractivity contribution in [2.75, 3.05) is 39.8 Å². The number of nitrogens with one attached hydrogen (secondary N) is 1. The van der Waals surface area contributed by atoms with E-state index >= 15 is 0 Å². The molecule has 0 aliphatic carbocycles. The van der Waals surface area contributed by atoms with E-state index in [0.717, 1.165) is 11.1 Å². The Labute approximate surface area is 204 Å². The second-order valence-electron chi connectivity index (χ2n) is 7.77. The molecule has 0 saturated carbocycles. The quantitative estimate of drug-likeness (QED) is 0.476. The summed E-state index contributed by atoms with van der Waals surface area (Å²) in [6.45, 7) is 0.737. The van der Waals surface area contributed by atoms with Gasteiger partial charge < -0.3 is 29.2 Å². The van der Waals surface area contributed by atoms with Crippen LogP contribution in [0.2, 0.25) is 5.02 Å². The van der Waals surface area contributed by atoms with E-state index in [0.29, 0.717) is 46.7 Å². The maximum absolute atomic E-state index is 13.3. The topological polar surface area (TPSA) is 69.3 Å². The van der Waals surface area contributed by atoms with E-state index in [4.69, 9.17) is 30.5 Å². The van der Waals surface area contributed by atoms with Crippen LogP contribution < -0.4 is 24.3 Å². The minimum atomic E-state index is -0.368. The van der Waals surface area contributed by atoms with Gasteiger partial charge in [-0.05, 0) is 60.0 Å². The maximum atomic E-state index is 13.3. The van der Waals surface area contributed by atoms with Crippen molar-refractivity contribution in [2.24, 2.45) is 0 Å². The molecule has 34 heavy (non-hydrogen) atoms. The highest BCUT2D eigenvalue weighted by atomic mass is 35.5. The van der Waals surface area contributed by atoms with Crippen LogP contribution in [0.4, 0.5) is 10.5 Å². The molecule has 178 valence electrons. The van der Waals surface area contributed by atoms with Gasteiger partial charge >= 0.3 is 6.03 Å². The number of para-hydroxylation sites is 2. The van der Waals surface area contributed by atoms with Gasteiger partial charge in [-0.3, -0.25) is 0 Å². The van der Waals surface area contributed by atoms with Crippen LogP contribution in [-0.4, -0.2) is 45.4 Å². The molecule has 1 aliphatic heterocycles. The maximum Gasteiger partial charge on any atom is 0.322 e. The van der Waals surface area contributed by atoms with Gasteiger partial charge in [-0.2, -0.15) is 0 Å². The Morgan fingerprint density at radius 1 is 0.941 bits per heavy atom. The summed E-state index contributed by atoms with van der Waals surface area (Å²) >= 11 is 6.10. The number of hydrogen-bond acceptors (Lipinski definition) is 5. The highest BCUT2D eigenvalue weighted by Gasteiger charge is 2.33. The standard InChI is InChI=1S/C26H27ClN2O5/c1-31-22-9-4-5-10-23(22)34-16-21-20-15-25(33-3)24(32-2)13-17(20)11-12-29(21)26(30)28-19-8-6-7-18(27)14-19/h4-10,13-15,21H,11-12,16H2,1-3H3,(H,28,30)/t21-/m1/s1. The van der Waals surface area contributed by atoms with Crippen LogP contribution in [0.5, 0.6) is 23.0 Å². The van der Waals surface area contributed by atoms with Crippen molar-refractivity contribution in [3.05, 3.63) is 76.8 Å². The van der Waals surface area contributed by atoms with Crippen molar-refractivity contribution in [1.29, 1.82) is 0 Å². The first kappa shape index (κ1) is 23.6. The number of rotatable bonds is 7. The first-order chi connectivity index (χ1) is 16.5. The minimum Gasteiger partial charge on any atom is -0.493 e. The van der Waals surface area contributed by atoms with E-state index in [1.807, 2.05) is 36.4 Å². The van der Waals surface area contributed by atoms with Gasteiger partial charge in [0.25, 0.3) is 0 Å². The lowest BCUT2D eigenvalue weighted by Crippen LogP contribution is -2.44. The van der Waals surface area contributed by atoms with Gasteiger partial charge in [0.15, 0.2) is 23.0 Å². The summed E-state index contributed by atoms with van der Waals surface area (Å²) in [5.74, 6) is 2.48. The predicted octanol–water partition coefficient (Wildman–Crippen LogP) is 5.58. The van der Waals surface area contributed by atoms with Crippen LogP contribution >= 0.6 is 11.6 Å². The summed E-state index contributed by atoms with van der Waals surface area (Å²) in [5, 5.41) is 3.50. The molecule has 0 aromatic heterocycles. The Morgan fingerprint density at radius 3 is 2.35 bits per heavy atom. The first-order valence-electron chi connectivity index (χ1n) is 10.9. The van der Waals surface area contributed by atoms with Crippen LogP contribution in [0.1, 0.15) is 17.2 Å². The third-order valence-corrected chi connectivity index (χ3v) is 6.04. The summed E-state index contributed by atoms with van der Waals surface area (Å²) in [6, 6.07) is 17.8. The van der Waals surface area contributed by atoms with Gasteiger partial charge in [0.05, 0.1) is 27.4 Å². The second kappa shape index (κ2) is 10.6. The number of benzene rings is 3. The molecule has 0 spiro atoms. The normalized spacial score (nSPS) is 14.7. The minimum absolute atomic E-state index is 0.228. The van der Waals surface area contributed by atoms with Crippen molar-refractivity contribution < 1.29 is 23.7 Å². The van der Waals surface area contributed by atoms with Crippen LogP contribution in [0.25, 0.3) is 0 Å². The van der Waals surface area contributed by atoms with Crippen molar-refractivity contribution in [3.63, 3.8) is 0 Å². The molecule has 1 aliphatic rings. The third kappa shape index (κ3) is 4.99. The lowest BCUT2D eigenvalue weighted by atomic mass is 9.92. The molecule has 3 aromatic carbocycles. The van der Waals surface area contributed by atoms with Gasteiger partial charge in [0.1, 0.15) is 6.61 Å².